The maximum Gasteiger partial charge on any atom is 0.239 e. The van der Waals surface area contributed by atoms with Gasteiger partial charge in [0.05, 0.1) is 12.2 Å². The Morgan fingerprint density at radius 1 is 1.35 bits per heavy atom. The maximum absolute atomic E-state index is 11.5. The first-order valence-electron chi connectivity index (χ1n) is 7.49. The van der Waals surface area contributed by atoms with Gasteiger partial charge < -0.3 is 20.5 Å². The Morgan fingerprint density at radius 2 is 2.09 bits per heavy atom. The van der Waals surface area contributed by atoms with Gasteiger partial charge in [-0.25, -0.2) is 4.98 Å². The van der Waals surface area contributed by atoms with Crippen LogP contribution in [-0.4, -0.2) is 30.6 Å². The maximum atomic E-state index is 11.5. The molecule has 0 saturated carbocycles. The van der Waals surface area contributed by atoms with Crippen molar-refractivity contribution < 1.29 is 14.3 Å². The van der Waals surface area contributed by atoms with Crippen LogP contribution in [0.3, 0.4) is 0 Å². The van der Waals surface area contributed by atoms with Crippen LogP contribution >= 0.6 is 11.3 Å². The Bertz CT molecular complexity index is 727. The summed E-state index contributed by atoms with van der Waals surface area (Å²) in [5.74, 6) is 1.52. The number of fused-ring (bicyclic) bond motifs is 1. The summed E-state index contributed by atoms with van der Waals surface area (Å²) in [4.78, 5) is 17.2. The van der Waals surface area contributed by atoms with E-state index in [1.165, 1.54) is 11.3 Å². The number of nitrogens with two attached hydrogens (primary N) is 1. The van der Waals surface area contributed by atoms with E-state index in [1.807, 2.05) is 18.2 Å². The molecule has 0 aliphatic carbocycles. The van der Waals surface area contributed by atoms with E-state index in [9.17, 15) is 4.79 Å². The molecule has 23 heavy (non-hydrogen) atoms. The van der Waals surface area contributed by atoms with Crippen LogP contribution in [0.2, 0.25) is 0 Å². The molecule has 0 spiro atoms. The van der Waals surface area contributed by atoms with Gasteiger partial charge in [-0.15, -0.1) is 11.3 Å². The van der Waals surface area contributed by atoms with Crippen LogP contribution in [0.25, 0.3) is 11.3 Å². The summed E-state index contributed by atoms with van der Waals surface area (Å²) < 4.78 is 11.2. The van der Waals surface area contributed by atoms with Crippen molar-refractivity contribution >= 4 is 22.4 Å². The van der Waals surface area contributed by atoms with Crippen molar-refractivity contribution in [1.82, 2.24) is 4.98 Å². The third kappa shape index (κ3) is 3.30. The van der Waals surface area contributed by atoms with Crippen molar-refractivity contribution in [3.8, 4) is 22.8 Å². The Kier molecular flexibility index (Phi) is 4.49. The monoisotopic (exact) mass is 333 g/mol. The predicted molar refractivity (Wildman–Crippen MR) is 90.3 cm³/mol. The standard InChI is InChI=1S/C16H19N3O3S/c1-9(2)15-14(19-16(23-15)18-13(20)8-17)10-3-4-11-12(7-10)22-6-5-21-11/h3-4,7,9H,5-6,8,17H2,1-2H3,(H,18,19,20). The molecule has 0 radical (unpaired) electrons. The van der Waals surface area contributed by atoms with Crippen molar-refractivity contribution in [2.24, 2.45) is 5.73 Å². The fourth-order valence-corrected chi connectivity index (χ4v) is 3.35. The molecule has 1 aliphatic rings. The van der Waals surface area contributed by atoms with E-state index in [0.29, 0.717) is 24.3 Å². The number of aromatic nitrogens is 1. The number of ether oxygens (including phenoxy) is 2. The second-order valence-corrected chi connectivity index (χ2v) is 6.53. The van der Waals surface area contributed by atoms with E-state index in [0.717, 1.165) is 27.6 Å². The number of amides is 1. The first kappa shape index (κ1) is 15.8. The third-order valence-electron chi connectivity index (χ3n) is 3.43. The minimum Gasteiger partial charge on any atom is -0.486 e. The zero-order chi connectivity index (χ0) is 16.4. The van der Waals surface area contributed by atoms with Crippen LogP contribution in [0.5, 0.6) is 11.5 Å². The minimum absolute atomic E-state index is 0.0596. The molecule has 6 nitrogen and oxygen atoms in total. The number of thiazole rings is 1. The molecular weight excluding hydrogens is 314 g/mol. The van der Waals surface area contributed by atoms with E-state index in [-0.39, 0.29) is 12.5 Å². The Labute approximate surface area is 138 Å². The summed E-state index contributed by atoms with van der Waals surface area (Å²) in [5.41, 5.74) is 7.15. The summed E-state index contributed by atoms with van der Waals surface area (Å²) in [7, 11) is 0. The van der Waals surface area contributed by atoms with Crippen LogP contribution < -0.4 is 20.5 Å². The molecule has 1 aliphatic heterocycles. The van der Waals surface area contributed by atoms with Gasteiger partial charge in [0.15, 0.2) is 16.6 Å². The lowest BCUT2D eigenvalue weighted by atomic mass is 10.0. The highest BCUT2D eigenvalue weighted by molar-refractivity contribution is 7.16. The van der Waals surface area contributed by atoms with E-state index >= 15 is 0 Å². The number of benzene rings is 1. The van der Waals surface area contributed by atoms with E-state index in [4.69, 9.17) is 15.2 Å². The van der Waals surface area contributed by atoms with E-state index in [2.05, 4.69) is 24.1 Å². The highest BCUT2D eigenvalue weighted by Gasteiger charge is 2.19. The van der Waals surface area contributed by atoms with Gasteiger partial charge >= 0.3 is 0 Å². The second-order valence-electron chi connectivity index (χ2n) is 5.50. The third-order valence-corrected chi connectivity index (χ3v) is 4.70. The summed E-state index contributed by atoms with van der Waals surface area (Å²) in [6.07, 6.45) is 0. The minimum atomic E-state index is -0.247. The first-order chi connectivity index (χ1) is 11.1. The van der Waals surface area contributed by atoms with Crippen molar-refractivity contribution in [1.29, 1.82) is 0 Å². The van der Waals surface area contributed by atoms with Gasteiger partial charge in [-0.3, -0.25) is 4.79 Å². The quantitative estimate of drug-likeness (QED) is 0.898. The number of hydrogen-bond donors (Lipinski definition) is 2. The molecular formula is C16H19N3O3S. The predicted octanol–water partition coefficient (Wildman–Crippen LogP) is 2.60. The SMILES string of the molecule is CC(C)c1sc(NC(=O)CN)nc1-c1ccc2c(c1)OCCO2. The molecule has 3 N–H and O–H groups in total. The molecule has 0 saturated heterocycles. The molecule has 0 atom stereocenters. The van der Waals surface area contributed by atoms with Crippen LogP contribution in [0.15, 0.2) is 18.2 Å². The topological polar surface area (TPSA) is 86.5 Å². The van der Waals surface area contributed by atoms with E-state index < -0.39 is 0 Å². The van der Waals surface area contributed by atoms with Gasteiger partial charge in [-0.2, -0.15) is 0 Å². The summed E-state index contributed by atoms with van der Waals surface area (Å²) in [6.45, 7) is 5.25. The molecule has 1 aromatic carbocycles. The molecule has 2 aromatic rings. The smallest absolute Gasteiger partial charge is 0.239 e. The Hall–Kier alpha value is -2.12. The van der Waals surface area contributed by atoms with Crippen molar-refractivity contribution in [3.63, 3.8) is 0 Å². The number of rotatable bonds is 4. The van der Waals surface area contributed by atoms with Crippen LogP contribution in [0.4, 0.5) is 5.13 Å². The average molecular weight is 333 g/mol. The van der Waals surface area contributed by atoms with Crippen molar-refractivity contribution in [2.75, 3.05) is 25.1 Å². The van der Waals surface area contributed by atoms with Crippen LogP contribution in [0.1, 0.15) is 24.6 Å². The van der Waals surface area contributed by atoms with Gasteiger partial charge in [-0.05, 0) is 24.1 Å². The molecule has 1 aromatic heterocycles. The number of hydrogen-bond acceptors (Lipinski definition) is 6. The average Bonchev–Trinajstić information content (AvgIpc) is 2.98. The zero-order valence-corrected chi connectivity index (χ0v) is 13.9. The largest absolute Gasteiger partial charge is 0.486 e. The fourth-order valence-electron chi connectivity index (χ4n) is 2.34. The lowest BCUT2D eigenvalue weighted by molar-refractivity contribution is -0.114. The Balaban J connectivity index is 1.99. The Morgan fingerprint density at radius 3 is 2.78 bits per heavy atom. The molecule has 0 bridgehead atoms. The number of carbonyl (C=O) groups excluding carboxylic acids is 1. The fraction of sp³-hybridized carbons (Fsp3) is 0.375. The molecule has 7 heteroatoms. The second kappa shape index (κ2) is 6.55. The van der Waals surface area contributed by atoms with Gasteiger partial charge in [0, 0.05) is 10.4 Å². The molecule has 0 fully saturated rings. The van der Waals surface area contributed by atoms with Crippen molar-refractivity contribution in [2.45, 2.75) is 19.8 Å². The molecule has 122 valence electrons. The molecule has 1 amide bonds. The zero-order valence-electron chi connectivity index (χ0n) is 13.1. The number of carbonyl (C=O) groups is 1. The highest BCUT2D eigenvalue weighted by atomic mass is 32.1. The summed E-state index contributed by atoms with van der Waals surface area (Å²) >= 11 is 1.47. The van der Waals surface area contributed by atoms with Gasteiger partial charge in [0.2, 0.25) is 5.91 Å². The number of nitrogens with one attached hydrogen (secondary N) is 1. The normalized spacial score (nSPS) is 13.2. The van der Waals surface area contributed by atoms with Crippen LogP contribution in [-0.2, 0) is 4.79 Å². The van der Waals surface area contributed by atoms with Gasteiger partial charge in [0.1, 0.15) is 13.2 Å². The van der Waals surface area contributed by atoms with Crippen LogP contribution in [0, 0.1) is 0 Å². The lowest BCUT2D eigenvalue weighted by Gasteiger charge is -2.18. The lowest BCUT2D eigenvalue weighted by Crippen LogP contribution is -2.21. The summed E-state index contributed by atoms with van der Waals surface area (Å²) in [5, 5.41) is 3.29. The summed E-state index contributed by atoms with van der Waals surface area (Å²) in [6, 6.07) is 5.79. The number of anilines is 1. The molecule has 3 rings (SSSR count). The van der Waals surface area contributed by atoms with Gasteiger partial charge in [0.25, 0.3) is 0 Å². The van der Waals surface area contributed by atoms with Crippen molar-refractivity contribution in [3.05, 3.63) is 23.1 Å². The number of nitrogens with zero attached hydrogens (tertiary/aromatic N) is 1. The molecule has 2 heterocycles. The van der Waals surface area contributed by atoms with E-state index in [1.54, 1.807) is 0 Å². The van der Waals surface area contributed by atoms with Gasteiger partial charge in [-0.1, -0.05) is 13.8 Å². The highest BCUT2D eigenvalue weighted by Crippen LogP contribution is 2.40. The first-order valence-corrected chi connectivity index (χ1v) is 8.30. The molecule has 0 unspecified atom stereocenters.